The van der Waals surface area contributed by atoms with Gasteiger partial charge in [0.25, 0.3) is 0 Å². The van der Waals surface area contributed by atoms with Crippen LogP contribution in [0.25, 0.3) is 0 Å². The summed E-state index contributed by atoms with van der Waals surface area (Å²) in [6.45, 7) is 2.57. The largest absolute Gasteiger partial charge is 0.385 e. The second-order valence-corrected chi connectivity index (χ2v) is 4.48. The first-order chi connectivity index (χ1) is 7.13. The van der Waals surface area contributed by atoms with Crippen LogP contribution in [0.2, 0.25) is 0 Å². The maximum Gasteiger partial charge on any atom is 0.237 e. The smallest absolute Gasteiger partial charge is 0.237 e. The van der Waals surface area contributed by atoms with Gasteiger partial charge in [0.15, 0.2) is 0 Å². The van der Waals surface area contributed by atoms with Crippen LogP contribution in [0.15, 0.2) is 0 Å². The highest BCUT2D eigenvalue weighted by atomic mass is 16.5. The molecule has 3 N–H and O–H groups in total. The van der Waals surface area contributed by atoms with Crippen molar-refractivity contribution in [3.8, 4) is 0 Å². The highest BCUT2D eigenvalue weighted by Crippen LogP contribution is 2.33. The molecule has 1 amide bonds. The molecule has 0 spiro atoms. The van der Waals surface area contributed by atoms with Gasteiger partial charge < -0.3 is 15.8 Å². The molecule has 0 radical (unpaired) electrons. The number of amides is 1. The standard InChI is InChI=1S/C11H22N2O2/c1-8(7-9-3-4-9)13-11(14)10(12)5-6-15-2/h8-10H,3-7,12H2,1-2H3,(H,13,14). The summed E-state index contributed by atoms with van der Waals surface area (Å²) < 4.78 is 4.88. The van der Waals surface area contributed by atoms with Crippen molar-refractivity contribution >= 4 is 5.91 Å². The number of nitrogens with one attached hydrogen (secondary N) is 1. The summed E-state index contributed by atoms with van der Waals surface area (Å²) in [5.41, 5.74) is 5.71. The van der Waals surface area contributed by atoms with Crippen molar-refractivity contribution in [1.29, 1.82) is 0 Å². The minimum absolute atomic E-state index is 0.0554. The molecule has 0 aromatic heterocycles. The van der Waals surface area contributed by atoms with Gasteiger partial charge in [-0.15, -0.1) is 0 Å². The Bertz CT molecular complexity index is 205. The molecule has 1 aliphatic rings. The third kappa shape index (κ3) is 5.14. The average molecular weight is 214 g/mol. The number of carbonyl (C=O) groups excluding carboxylic acids is 1. The lowest BCUT2D eigenvalue weighted by Crippen LogP contribution is -2.45. The van der Waals surface area contributed by atoms with Gasteiger partial charge in [-0.1, -0.05) is 12.8 Å². The molecule has 15 heavy (non-hydrogen) atoms. The van der Waals surface area contributed by atoms with Crippen LogP contribution in [0.5, 0.6) is 0 Å². The molecule has 2 atom stereocenters. The van der Waals surface area contributed by atoms with Gasteiger partial charge in [0, 0.05) is 19.8 Å². The second-order valence-electron chi connectivity index (χ2n) is 4.48. The van der Waals surface area contributed by atoms with Crippen LogP contribution in [0.1, 0.15) is 32.6 Å². The van der Waals surface area contributed by atoms with Gasteiger partial charge in [0.1, 0.15) is 0 Å². The summed E-state index contributed by atoms with van der Waals surface area (Å²) in [4.78, 5) is 11.6. The summed E-state index contributed by atoms with van der Waals surface area (Å²) in [5, 5.41) is 2.94. The van der Waals surface area contributed by atoms with E-state index in [1.165, 1.54) is 12.8 Å². The molecule has 0 bridgehead atoms. The van der Waals surface area contributed by atoms with Crippen LogP contribution in [0.3, 0.4) is 0 Å². The van der Waals surface area contributed by atoms with E-state index < -0.39 is 6.04 Å². The maximum atomic E-state index is 11.6. The molecule has 0 saturated heterocycles. The van der Waals surface area contributed by atoms with E-state index in [4.69, 9.17) is 10.5 Å². The predicted octanol–water partition coefficient (Wildman–Crippen LogP) is 0.655. The molecule has 0 aromatic rings. The van der Waals surface area contributed by atoms with E-state index in [1.807, 2.05) is 6.92 Å². The first-order valence-electron chi connectivity index (χ1n) is 5.68. The Balaban J connectivity index is 2.14. The van der Waals surface area contributed by atoms with Crippen molar-refractivity contribution in [2.75, 3.05) is 13.7 Å². The van der Waals surface area contributed by atoms with Crippen molar-refractivity contribution in [2.24, 2.45) is 11.7 Å². The lowest BCUT2D eigenvalue weighted by atomic mass is 10.1. The third-order valence-corrected chi connectivity index (χ3v) is 2.74. The molecular weight excluding hydrogens is 192 g/mol. The van der Waals surface area contributed by atoms with Crippen LogP contribution in [-0.2, 0) is 9.53 Å². The number of carbonyl (C=O) groups is 1. The Morgan fingerprint density at radius 1 is 1.60 bits per heavy atom. The first-order valence-corrected chi connectivity index (χ1v) is 5.68. The van der Waals surface area contributed by atoms with E-state index in [-0.39, 0.29) is 11.9 Å². The summed E-state index contributed by atoms with van der Waals surface area (Å²) in [6.07, 6.45) is 4.30. The molecule has 0 heterocycles. The van der Waals surface area contributed by atoms with Gasteiger partial charge in [-0.2, -0.15) is 0 Å². The SMILES string of the molecule is COCCC(N)C(=O)NC(C)CC1CC1. The molecule has 4 heteroatoms. The van der Waals surface area contributed by atoms with Gasteiger partial charge in [0.05, 0.1) is 6.04 Å². The minimum Gasteiger partial charge on any atom is -0.385 e. The van der Waals surface area contributed by atoms with Gasteiger partial charge in [-0.25, -0.2) is 0 Å². The van der Waals surface area contributed by atoms with Crippen LogP contribution in [0, 0.1) is 5.92 Å². The van der Waals surface area contributed by atoms with E-state index in [0.29, 0.717) is 13.0 Å². The van der Waals surface area contributed by atoms with Crippen molar-refractivity contribution in [2.45, 2.75) is 44.7 Å². The van der Waals surface area contributed by atoms with Gasteiger partial charge in [-0.05, 0) is 25.7 Å². The van der Waals surface area contributed by atoms with E-state index >= 15 is 0 Å². The third-order valence-electron chi connectivity index (χ3n) is 2.74. The van der Waals surface area contributed by atoms with Crippen molar-refractivity contribution in [3.05, 3.63) is 0 Å². The number of nitrogens with two attached hydrogens (primary N) is 1. The molecule has 0 aliphatic heterocycles. The lowest BCUT2D eigenvalue weighted by Gasteiger charge is -2.17. The summed E-state index contributed by atoms with van der Waals surface area (Å²) in [7, 11) is 1.61. The summed E-state index contributed by atoms with van der Waals surface area (Å²) in [6, 6.07) is -0.190. The van der Waals surface area contributed by atoms with Gasteiger partial charge >= 0.3 is 0 Å². The minimum atomic E-state index is -0.438. The zero-order valence-electron chi connectivity index (χ0n) is 9.66. The van der Waals surface area contributed by atoms with E-state index in [0.717, 1.165) is 12.3 Å². The van der Waals surface area contributed by atoms with E-state index in [1.54, 1.807) is 7.11 Å². The molecule has 4 nitrogen and oxygen atoms in total. The second kappa shape index (κ2) is 6.08. The van der Waals surface area contributed by atoms with Gasteiger partial charge in [-0.3, -0.25) is 4.79 Å². The van der Waals surface area contributed by atoms with E-state index in [2.05, 4.69) is 5.32 Å². The Morgan fingerprint density at radius 3 is 2.80 bits per heavy atom. The zero-order chi connectivity index (χ0) is 11.3. The monoisotopic (exact) mass is 214 g/mol. The molecule has 0 aromatic carbocycles. The molecule has 88 valence electrons. The molecule has 2 unspecified atom stereocenters. The summed E-state index contributed by atoms with van der Waals surface area (Å²) >= 11 is 0. The molecule has 1 rings (SSSR count). The normalized spacial score (nSPS) is 19.7. The van der Waals surface area contributed by atoms with Crippen LogP contribution in [0.4, 0.5) is 0 Å². The number of hydrogen-bond acceptors (Lipinski definition) is 3. The first kappa shape index (κ1) is 12.5. The fourth-order valence-electron chi connectivity index (χ4n) is 1.64. The molecule has 1 saturated carbocycles. The van der Waals surface area contributed by atoms with E-state index in [9.17, 15) is 4.79 Å². The number of ether oxygens (including phenoxy) is 1. The fraction of sp³-hybridized carbons (Fsp3) is 0.909. The lowest BCUT2D eigenvalue weighted by molar-refractivity contribution is -0.123. The quantitative estimate of drug-likeness (QED) is 0.654. The Labute approximate surface area is 91.5 Å². The Morgan fingerprint density at radius 2 is 2.27 bits per heavy atom. The highest BCUT2D eigenvalue weighted by molar-refractivity contribution is 5.81. The van der Waals surface area contributed by atoms with Crippen LogP contribution < -0.4 is 11.1 Å². The molecular formula is C11H22N2O2. The zero-order valence-corrected chi connectivity index (χ0v) is 9.66. The number of rotatable bonds is 7. The predicted molar refractivity (Wildman–Crippen MR) is 59.4 cm³/mol. The number of methoxy groups -OCH3 is 1. The molecule has 1 aliphatic carbocycles. The Hall–Kier alpha value is -0.610. The fourth-order valence-corrected chi connectivity index (χ4v) is 1.64. The molecule has 1 fully saturated rings. The topological polar surface area (TPSA) is 64.3 Å². The van der Waals surface area contributed by atoms with Crippen molar-refractivity contribution < 1.29 is 9.53 Å². The average Bonchev–Trinajstić information content (AvgIpc) is 2.97. The van der Waals surface area contributed by atoms with Gasteiger partial charge in [0.2, 0.25) is 5.91 Å². The summed E-state index contributed by atoms with van der Waals surface area (Å²) in [5.74, 6) is 0.774. The van der Waals surface area contributed by atoms with Crippen LogP contribution in [-0.4, -0.2) is 31.7 Å². The van der Waals surface area contributed by atoms with Crippen LogP contribution >= 0.6 is 0 Å². The number of hydrogen-bond donors (Lipinski definition) is 2. The van der Waals surface area contributed by atoms with Crippen molar-refractivity contribution in [1.82, 2.24) is 5.32 Å². The maximum absolute atomic E-state index is 11.6. The van der Waals surface area contributed by atoms with Crippen molar-refractivity contribution in [3.63, 3.8) is 0 Å². The highest BCUT2D eigenvalue weighted by Gasteiger charge is 2.25. The Kier molecular flexibility index (Phi) is 5.05.